The van der Waals surface area contributed by atoms with Crippen molar-refractivity contribution in [2.45, 2.75) is 23.6 Å². The Labute approximate surface area is 162 Å². The van der Waals surface area contributed by atoms with Gasteiger partial charge in [0.05, 0.1) is 28.9 Å². The molecule has 0 aromatic heterocycles. The van der Waals surface area contributed by atoms with Crippen molar-refractivity contribution in [1.29, 1.82) is 0 Å². The van der Waals surface area contributed by atoms with Crippen LogP contribution in [0, 0.1) is 6.92 Å². The van der Waals surface area contributed by atoms with E-state index in [0.29, 0.717) is 11.3 Å². The summed E-state index contributed by atoms with van der Waals surface area (Å²) in [6.07, 6.45) is 1.83. The van der Waals surface area contributed by atoms with E-state index in [1.165, 1.54) is 37.9 Å². The van der Waals surface area contributed by atoms with Crippen LogP contribution in [0.1, 0.15) is 22.8 Å². The summed E-state index contributed by atoms with van der Waals surface area (Å²) >= 11 is 1.39. The van der Waals surface area contributed by atoms with Crippen LogP contribution in [0.3, 0.4) is 0 Å². The highest BCUT2D eigenvalue weighted by atomic mass is 32.2. The lowest BCUT2D eigenvalue weighted by atomic mass is 10.1. The van der Waals surface area contributed by atoms with Crippen molar-refractivity contribution in [1.82, 2.24) is 0 Å². The molecule has 1 amide bonds. The van der Waals surface area contributed by atoms with E-state index >= 15 is 0 Å². The molecule has 0 aliphatic heterocycles. The summed E-state index contributed by atoms with van der Waals surface area (Å²) in [5.74, 6) is -0.847. The molecule has 0 fully saturated rings. The number of ether oxygens (including phenoxy) is 1. The third-order valence-electron chi connectivity index (χ3n) is 3.78. The Morgan fingerprint density at radius 2 is 1.81 bits per heavy atom. The van der Waals surface area contributed by atoms with Gasteiger partial charge in [-0.05, 0) is 49.1 Å². The highest BCUT2D eigenvalue weighted by Crippen LogP contribution is 2.30. The standard InChI is InChI=1S/C18H20N2O5S2/c1-11-14(18(22)25-3)6-5-7-15(11)20-27(23,24)13-8-9-17(26-4)16(10-13)19-12(2)21/h5-10,20H,1-4H3,(H,19,21). The second-order valence-electron chi connectivity index (χ2n) is 5.62. The molecule has 144 valence electrons. The van der Waals surface area contributed by atoms with Gasteiger partial charge < -0.3 is 10.1 Å². The molecule has 0 atom stereocenters. The number of methoxy groups -OCH3 is 1. The molecule has 0 radical (unpaired) electrons. The molecule has 0 heterocycles. The lowest BCUT2D eigenvalue weighted by molar-refractivity contribution is -0.114. The molecule has 9 heteroatoms. The second kappa shape index (κ2) is 8.45. The Bertz CT molecular complexity index is 987. The number of nitrogens with one attached hydrogen (secondary N) is 2. The van der Waals surface area contributed by atoms with E-state index in [2.05, 4.69) is 10.0 Å². The molecule has 2 aromatic rings. The molecule has 0 spiro atoms. The molecule has 0 aliphatic carbocycles. The van der Waals surface area contributed by atoms with Crippen LogP contribution >= 0.6 is 11.8 Å². The van der Waals surface area contributed by atoms with Gasteiger partial charge in [0.1, 0.15) is 0 Å². The molecule has 0 aliphatic rings. The minimum atomic E-state index is -3.93. The first-order valence-corrected chi connectivity index (χ1v) is 10.6. The van der Waals surface area contributed by atoms with Crippen LogP contribution in [0.5, 0.6) is 0 Å². The van der Waals surface area contributed by atoms with Crippen molar-refractivity contribution in [3.63, 3.8) is 0 Å². The Hall–Kier alpha value is -2.52. The predicted octanol–water partition coefficient (Wildman–Crippen LogP) is 3.26. The lowest BCUT2D eigenvalue weighted by Crippen LogP contribution is -2.16. The quantitative estimate of drug-likeness (QED) is 0.562. The molecule has 0 saturated carbocycles. The van der Waals surface area contributed by atoms with Gasteiger partial charge in [0, 0.05) is 11.8 Å². The summed E-state index contributed by atoms with van der Waals surface area (Å²) in [5.41, 5.74) is 1.41. The molecule has 0 bridgehead atoms. The van der Waals surface area contributed by atoms with Crippen molar-refractivity contribution < 1.29 is 22.7 Å². The number of amides is 1. The van der Waals surface area contributed by atoms with Gasteiger partial charge in [-0.25, -0.2) is 13.2 Å². The number of carbonyl (C=O) groups is 2. The number of rotatable bonds is 6. The van der Waals surface area contributed by atoms with Gasteiger partial charge in [-0.15, -0.1) is 11.8 Å². The Morgan fingerprint density at radius 1 is 1.11 bits per heavy atom. The lowest BCUT2D eigenvalue weighted by Gasteiger charge is -2.14. The van der Waals surface area contributed by atoms with E-state index < -0.39 is 16.0 Å². The van der Waals surface area contributed by atoms with Crippen molar-refractivity contribution in [2.75, 3.05) is 23.4 Å². The molecular weight excluding hydrogens is 388 g/mol. The summed E-state index contributed by atoms with van der Waals surface area (Å²) in [5, 5.41) is 2.63. The number of anilines is 2. The average Bonchev–Trinajstić information content (AvgIpc) is 2.62. The maximum absolute atomic E-state index is 12.8. The Morgan fingerprint density at radius 3 is 2.41 bits per heavy atom. The molecule has 2 rings (SSSR count). The first kappa shape index (κ1) is 20.8. The van der Waals surface area contributed by atoms with Crippen LogP contribution in [0.4, 0.5) is 11.4 Å². The summed E-state index contributed by atoms with van der Waals surface area (Å²) < 4.78 is 32.8. The number of esters is 1. The second-order valence-corrected chi connectivity index (χ2v) is 8.15. The predicted molar refractivity (Wildman–Crippen MR) is 106 cm³/mol. The Kier molecular flexibility index (Phi) is 6.50. The van der Waals surface area contributed by atoms with E-state index in [-0.39, 0.29) is 22.1 Å². The molecule has 0 unspecified atom stereocenters. The van der Waals surface area contributed by atoms with Crippen LogP contribution in [0.15, 0.2) is 46.2 Å². The van der Waals surface area contributed by atoms with Gasteiger partial charge in [0.2, 0.25) is 5.91 Å². The van der Waals surface area contributed by atoms with Gasteiger partial charge in [0.25, 0.3) is 10.0 Å². The van der Waals surface area contributed by atoms with E-state index in [0.717, 1.165) is 4.90 Å². The van der Waals surface area contributed by atoms with Crippen LogP contribution in [0.25, 0.3) is 0 Å². The van der Waals surface area contributed by atoms with Gasteiger partial charge in [-0.1, -0.05) is 6.07 Å². The van der Waals surface area contributed by atoms with E-state index in [1.54, 1.807) is 31.2 Å². The highest BCUT2D eigenvalue weighted by Gasteiger charge is 2.20. The largest absolute Gasteiger partial charge is 0.465 e. The average molecular weight is 409 g/mol. The van der Waals surface area contributed by atoms with Crippen molar-refractivity contribution in [2.24, 2.45) is 0 Å². The fraction of sp³-hybridized carbons (Fsp3) is 0.222. The fourth-order valence-electron chi connectivity index (χ4n) is 2.42. The first-order chi connectivity index (χ1) is 12.7. The maximum atomic E-state index is 12.8. The van der Waals surface area contributed by atoms with Crippen LogP contribution in [-0.4, -0.2) is 33.7 Å². The molecule has 7 nitrogen and oxygen atoms in total. The SMILES string of the molecule is COC(=O)c1cccc(NS(=O)(=O)c2ccc(SC)c(NC(C)=O)c2)c1C. The number of carbonyl (C=O) groups excluding carboxylic acids is 2. The van der Waals surface area contributed by atoms with Crippen molar-refractivity contribution >= 4 is 45.0 Å². The van der Waals surface area contributed by atoms with E-state index in [1.807, 2.05) is 6.26 Å². The van der Waals surface area contributed by atoms with Crippen LogP contribution in [0.2, 0.25) is 0 Å². The molecular formula is C18H20N2O5S2. The van der Waals surface area contributed by atoms with Crippen molar-refractivity contribution in [3.8, 4) is 0 Å². The highest BCUT2D eigenvalue weighted by molar-refractivity contribution is 7.98. The van der Waals surface area contributed by atoms with Crippen LogP contribution in [-0.2, 0) is 19.6 Å². The monoisotopic (exact) mass is 408 g/mol. The third-order valence-corrected chi connectivity index (χ3v) is 5.93. The summed E-state index contributed by atoms with van der Waals surface area (Å²) in [4.78, 5) is 23.9. The van der Waals surface area contributed by atoms with Gasteiger partial charge in [0.15, 0.2) is 0 Å². The smallest absolute Gasteiger partial charge is 0.338 e. The fourth-order valence-corrected chi connectivity index (χ4v) is 4.11. The minimum Gasteiger partial charge on any atom is -0.465 e. The molecule has 2 aromatic carbocycles. The topological polar surface area (TPSA) is 102 Å². The minimum absolute atomic E-state index is 0.00748. The summed E-state index contributed by atoms with van der Waals surface area (Å²) in [7, 11) is -2.67. The molecule has 2 N–H and O–H groups in total. The zero-order valence-corrected chi connectivity index (χ0v) is 17.0. The zero-order chi connectivity index (χ0) is 20.2. The maximum Gasteiger partial charge on any atom is 0.338 e. The normalized spacial score (nSPS) is 11.0. The van der Waals surface area contributed by atoms with Crippen LogP contribution < -0.4 is 10.0 Å². The summed E-state index contributed by atoms with van der Waals surface area (Å²) in [6.45, 7) is 2.98. The zero-order valence-electron chi connectivity index (χ0n) is 15.3. The number of benzene rings is 2. The number of hydrogen-bond acceptors (Lipinski definition) is 6. The Balaban J connectivity index is 2.43. The first-order valence-electron chi connectivity index (χ1n) is 7.86. The number of sulfonamides is 1. The number of hydrogen-bond donors (Lipinski definition) is 2. The van der Waals surface area contributed by atoms with Gasteiger partial charge in [-0.2, -0.15) is 0 Å². The third kappa shape index (κ3) is 4.81. The summed E-state index contributed by atoms with van der Waals surface area (Å²) in [6, 6.07) is 9.17. The van der Waals surface area contributed by atoms with Gasteiger partial charge in [-0.3, -0.25) is 9.52 Å². The van der Waals surface area contributed by atoms with E-state index in [9.17, 15) is 18.0 Å². The van der Waals surface area contributed by atoms with E-state index in [4.69, 9.17) is 4.74 Å². The van der Waals surface area contributed by atoms with Gasteiger partial charge >= 0.3 is 5.97 Å². The van der Waals surface area contributed by atoms with Crippen molar-refractivity contribution in [3.05, 3.63) is 47.5 Å². The number of thioether (sulfide) groups is 1. The molecule has 0 saturated heterocycles. The molecule has 27 heavy (non-hydrogen) atoms.